The summed E-state index contributed by atoms with van der Waals surface area (Å²) in [5.41, 5.74) is 0.126. The lowest BCUT2D eigenvalue weighted by molar-refractivity contribution is -0.139. The van der Waals surface area contributed by atoms with Gasteiger partial charge < -0.3 is 29.4 Å². The van der Waals surface area contributed by atoms with Crippen LogP contribution in [-0.2, 0) is 4.79 Å². The zero-order valence-corrected chi connectivity index (χ0v) is 15.7. The highest BCUT2D eigenvalue weighted by Crippen LogP contribution is 2.38. The molecule has 1 unspecified atom stereocenters. The number of carbonyl (C=O) groups is 2. The van der Waals surface area contributed by atoms with E-state index in [1.807, 2.05) is 0 Å². The van der Waals surface area contributed by atoms with Gasteiger partial charge in [-0.15, -0.1) is 0 Å². The molecule has 0 saturated heterocycles. The number of carboxylic acids is 1. The van der Waals surface area contributed by atoms with E-state index >= 15 is 0 Å². The Morgan fingerprint density at radius 1 is 0.929 bits per heavy atom. The number of nitrogens with one attached hydrogen (secondary N) is 1. The zero-order valence-electron chi connectivity index (χ0n) is 15.7. The van der Waals surface area contributed by atoms with E-state index in [0.717, 1.165) is 6.07 Å². The number of methoxy groups -OCH3 is 4. The van der Waals surface area contributed by atoms with Gasteiger partial charge in [0.15, 0.2) is 29.1 Å². The molecule has 8 nitrogen and oxygen atoms in total. The number of carbonyl (C=O) groups excluding carboxylic acids is 1. The quantitative estimate of drug-likeness (QED) is 0.710. The Hall–Kier alpha value is -3.49. The van der Waals surface area contributed by atoms with Gasteiger partial charge in [0.2, 0.25) is 5.75 Å². The Balaban J connectivity index is 2.37. The SMILES string of the molecule is COc1ccc(C(NC(=O)c2cc(OC)c(OC)c(OC)c2)C(=O)O)cc1F. The van der Waals surface area contributed by atoms with Crippen LogP contribution < -0.4 is 24.3 Å². The van der Waals surface area contributed by atoms with Crippen LogP contribution in [-0.4, -0.2) is 45.4 Å². The van der Waals surface area contributed by atoms with Crippen molar-refractivity contribution in [1.29, 1.82) is 0 Å². The van der Waals surface area contributed by atoms with Crippen molar-refractivity contribution in [2.75, 3.05) is 28.4 Å². The molecule has 0 aromatic heterocycles. The molecular formula is C19H20FNO7. The fraction of sp³-hybridized carbons (Fsp3) is 0.263. The average Bonchev–Trinajstić information content (AvgIpc) is 2.70. The molecular weight excluding hydrogens is 373 g/mol. The molecule has 0 fully saturated rings. The first-order valence-corrected chi connectivity index (χ1v) is 8.03. The number of halogens is 1. The molecule has 2 aromatic rings. The van der Waals surface area contributed by atoms with E-state index < -0.39 is 23.7 Å². The molecule has 0 radical (unpaired) electrons. The monoisotopic (exact) mass is 393 g/mol. The molecule has 1 atom stereocenters. The van der Waals surface area contributed by atoms with E-state index in [9.17, 15) is 19.1 Å². The van der Waals surface area contributed by atoms with Crippen LogP contribution in [0.1, 0.15) is 22.0 Å². The summed E-state index contributed by atoms with van der Waals surface area (Å²) in [5.74, 6) is -2.11. The minimum atomic E-state index is -1.48. The Morgan fingerprint density at radius 3 is 1.93 bits per heavy atom. The first kappa shape index (κ1) is 20.8. The minimum Gasteiger partial charge on any atom is -0.494 e. The minimum absolute atomic E-state index is 0.0381. The second-order valence-corrected chi connectivity index (χ2v) is 5.55. The fourth-order valence-electron chi connectivity index (χ4n) is 2.58. The van der Waals surface area contributed by atoms with Crippen molar-refractivity contribution >= 4 is 11.9 Å². The summed E-state index contributed by atoms with van der Waals surface area (Å²) in [5, 5.41) is 11.8. The fourth-order valence-corrected chi connectivity index (χ4v) is 2.58. The maximum Gasteiger partial charge on any atom is 0.330 e. The van der Waals surface area contributed by atoms with Gasteiger partial charge in [0.1, 0.15) is 0 Å². The third kappa shape index (κ3) is 4.25. The van der Waals surface area contributed by atoms with Crippen molar-refractivity contribution in [2.24, 2.45) is 0 Å². The van der Waals surface area contributed by atoms with E-state index in [4.69, 9.17) is 18.9 Å². The first-order valence-electron chi connectivity index (χ1n) is 8.03. The van der Waals surface area contributed by atoms with E-state index in [-0.39, 0.29) is 34.1 Å². The van der Waals surface area contributed by atoms with Gasteiger partial charge in [-0.05, 0) is 29.8 Å². The van der Waals surface area contributed by atoms with Crippen LogP contribution in [0.15, 0.2) is 30.3 Å². The number of carboxylic acid groups (broad SMARTS) is 1. The summed E-state index contributed by atoms with van der Waals surface area (Å²) >= 11 is 0. The predicted octanol–water partition coefficient (Wildman–Crippen LogP) is 2.42. The number of hydrogen-bond donors (Lipinski definition) is 2. The maximum atomic E-state index is 13.9. The largest absolute Gasteiger partial charge is 0.494 e. The van der Waals surface area contributed by atoms with Crippen molar-refractivity contribution in [2.45, 2.75) is 6.04 Å². The van der Waals surface area contributed by atoms with Crippen LogP contribution in [0.25, 0.3) is 0 Å². The van der Waals surface area contributed by atoms with Crippen molar-refractivity contribution < 1.29 is 38.0 Å². The van der Waals surface area contributed by atoms with Crippen molar-refractivity contribution in [1.82, 2.24) is 5.32 Å². The average molecular weight is 393 g/mol. The second-order valence-electron chi connectivity index (χ2n) is 5.55. The third-order valence-electron chi connectivity index (χ3n) is 3.96. The van der Waals surface area contributed by atoms with E-state index in [2.05, 4.69) is 5.32 Å². The van der Waals surface area contributed by atoms with Gasteiger partial charge in [0.25, 0.3) is 5.91 Å². The maximum absolute atomic E-state index is 13.9. The zero-order chi connectivity index (χ0) is 20.8. The number of hydrogen-bond acceptors (Lipinski definition) is 6. The normalized spacial score (nSPS) is 11.3. The Kier molecular flexibility index (Phi) is 6.64. The van der Waals surface area contributed by atoms with Crippen LogP contribution >= 0.6 is 0 Å². The van der Waals surface area contributed by atoms with Crippen LogP contribution in [0.4, 0.5) is 4.39 Å². The lowest BCUT2D eigenvalue weighted by Crippen LogP contribution is -2.33. The number of aliphatic carboxylic acids is 1. The Morgan fingerprint density at radius 2 is 1.50 bits per heavy atom. The molecule has 0 heterocycles. The molecule has 0 saturated carbocycles. The molecule has 0 bridgehead atoms. The second kappa shape index (κ2) is 8.94. The van der Waals surface area contributed by atoms with Gasteiger partial charge in [-0.2, -0.15) is 0 Å². The molecule has 0 aliphatic rings. The molecule has 150 valence electrons. The van der Waals surface area contributed by atoms with Gasteiger partial charge in [-0.3, -0.25) is 4.79 Å². The summed E-state index contributed by atoms with van der Waals surface area (Å²) in [4.78, 5) is 24.3. The van der Waals surface area contributed by atoms with Gasteiger partial charge in [-0.1, -0.05) is 6.07 Å². The highest BCUT2D eigenvalue weighted by atomic mass is 19.1. The standard InChI is InChI=1S/C19H20FNO7/c1-25-13-6-5-10(7-12(13)20)16(19(23)24)21-18(22)11-8-14(26-2)17(28-4)15(9-11)27-3/h5-9,16H,1-4H3,(H,21,22)(H,23,24). The van der Waals surface area contributed by atoms with Gasteiger partial charge >= 0.3 is 5.97 Å². The summed E-state index contributed by atoms with van der Waals surface area (Å²) < 4.78 is 34.3. The van der Waals surface area contributed by atoms with Crippen LogP contribution in [0.2, 0.25) is 0 Å². The summed E-state index contributed by atoms with van der Waals surface area (Å²) in [6.45, 7) is 0. The number of rotatable bonds is 8. The first-order chi connectivity index (χ1) is 13.4. The molecule has 28 heavy (non-hydrogen) atoms. The molecule has 2 N–H and O–H groups in total. The summed E-state index contributed by atoms with van der Waals surface area (Å²) in [6.07, 6.45) is 0. The van der Waals surface area contributed by atoms with E-state index in [1.165, 1.54) is 52.7 Å². The summed E-state index contributed by atoms with van der Waals surface area (Å²) in [6, 6.07) is 4.91. The topological polar surface area (TPSA) is 103 Å². The molecule has 2 aromatic carbocycles. The van der Waals surface area contributed by atoms with Gasteiger partial charge in [0, 0.05) is 5.56 Å². The highest BCUT2D eigenvalue weighted by Gasteiger charge is 2.25. The third-order valence-corrected chi connectivity index (χ3v) is 3.96. The molecule has 9 heteroatoms. The van der Waals surface area contributed by atoms with Gasteiger partial charge in [0.05, 0.1) is 28.4 Å². The summed E-state index contributed by atoms with van der Waals surface area (Å²) in [7, 11) is 5.48. The van der Waals surface area contributed by atoms with Crippen LogP contribution in [0.5, 0.6) is 23.0 Å². The molecule has 0 aliphatic heterocycles. The molecule has 2 rings (SSSR count). The highest BCUT2D eigenvalue weighted by molar-refractivity contribution is 5.98. The molecule has 0 spiro atoms. The Labute approximate surface area is 160 Å². The van der Waals surface area contributed by atoms with E-state index in [0.29, 0.717) is 0 Å². The molecule has 1 amide bonds. The molecule has 0 aliphatic carbocycles. The number of benzene rings is 2. The van der Waals surface area contributed by atoms with Crippen LogP contribution in [0.3, 0.4) is 0 Å². The van der Waals surface area contributed by atoms with Crippen molar-refractivity contribution in [3.05, 3.63) is 47.3 Å². The predicted molar refractivity (Wildman–Crippen MR) is 96.9 cm³/mol. The smallest absolute Gasteiger partial charge is 0.330 e. The van der Waals surface area contributed by atoms with Crippen molar-refractivity contribution in [3.63, 3.8) is 0 Å². The van der Waals surface area contributed by atoms with Gasteiger partial charge in [-0.25, -0.2) is 9.18 Å². The lowest BCUT2D eigenvalue weighted by atomic mass is 10.1. The van der Waals surface area contributed by atoms with Crippen LogP contribution in [0, 0.1) is 5.82 Å². The number of amides is 1. The van der Waals surface area contributed by atoms with E-state index in [1.54, 1.807) is 0 Å². The number of ether oxygens (including phenoxy) is 4. The van der Waals surface area contributed by atoms with Crippen molar-refractivity contribution in [3.8, 4) is 23.0 Å². The Bertz CT molecular complexity index is 860. The lowest BCUT2D eigenvalue weighted by Gasteiger charge is -2.17.